The molecule has 1 rings (SSSR count). The molecule has 1 fully saturated rings. The third-order valence-electron chi connectivity index (χ3n) is 1.65. The second-order valence-electron chi connectivity index (χ2n) is 2.84. The predicted molar refractivity (Wildman–Crippen MR) is 40.2 cm³/mol. The van der Waals surface area contributed by atoms with Crippen LogP contribution in [0.3, 0.4) is 0 Å². The molecule has 0 saturated heterocycles. The van der Waals surface area contributed by atoms with E-state index in [9.17, 15) is 9.18 Å². The van der Waals surface area contributed by atoms with Crippen molar-refractivity contribution in [2.24, 2.45) is 5.92 Å². The van der Waals surface area contributed by atoms with E-state index in [1.165, 1.54) is 0 Å². The van der Waals surface area contributed by atoms with Crippen LogP contribution in [0, 0.1) is 5.92 Å². The standard InChI is InChI=1S/C8H13FO3/c1-2-11-8(10)7(9)12-5-6-3-4-6/h6-7H,2-5H2,1H3. The molecule has 1 atom stereocenters. The molecule has 0 aromatic rings. The van der Waals surface area contributed by atoms with Crippen LogP contribution >= 0.6 is 0 Å². The van der Waals surface area contributed by atoms with Crippen LogP contribution in [0.4, 0.5) is 4.39 Å². The van der Waals surface area contributed by atoms with Crippen molar-refractivity contribution in [2.45, 2.75) is 26.1 Å². The number of ether oxygens (including phenoxy) is 2. The Hall–Kier alpha value is -0.640. The molecule has 0 aromatic heterocycles. The van der Waals surface area contributed by atoms with E-state index in [1.54, 1.807) is 6.92 Å². The summed E-state index contributed by atoms with van der Waals surface area (Å²) in [6, 6.07) is 0. The highest BCUT2D eigenvalue weighted by atomic mass is 19.1. The van der Waals surface area contributed by atoms with Crippen LogP contribution in [0.1, 0.15) is 19.8 Å². The van der Waals surface area contributed by atoms with Crippen molar-refractivity contribution in [3.05, 3.63) is 0 Å². The molecule has 1 aliphatic rings. The highest BCUT2D eigenvalue weighted by Crippen LogP contribution is 2.29. The van der Waals surface area contributed by atoms with E-state index in [0.717, 1.165) is 12.8 Å². The number of esters is 1. The van der Waals surface area contributed by atoms with E-state index in [2.05, 4.69) is 9.47 Å². The van der Waals surface area contributed by atoms with Crippen LogP contribution in [0.5, 0.6) is 0 Å². The predicted octanol–water partition coefficient (Wildman–Crippen LogP) is 1.27. The molecule has 0 aliphatic heterocycles. The zero-order valence-electron chi connectivity index (χ0n) is 7.09. The van der Waals surface area contributed by atoms with Crippen LogP contribution in [0.25, 0.3) is 0 Å². The quantitative estimate of drug-likeness (QED) is 0.592. The number of halogens is 1. The summed E-state index contributed by atoms with van der Waals surface area (Å²) in [6.07, 6.45) is 0.260. The molecule has 0 heterocycles. The summed E-state index contributed by atoms with van der Waals surface area (Å²) in [5.74, 6) is -0.462. The van der Waals surface area contributed by atoms with E-state index >= 15 is 0 Å². The first-order valence-electron chi connectivity index (χ1n) is 4.16. The molecule has 3 nitrogen and oxygen atoms in total. The largest absolute Gasteiger partial charge is 0.462 e. The van der Waals surface area contributed by atoms with Crippen LogP contribution in [-0.2, 0) is 14.3 Å². The molecule has 0 N–H and O–H groups in total. The van der Waals surface area contributed by atoms with Crippen molar-refractivity contribution in [2.75, 3.05) is 13.2 Å². The molecule has 4 heteroatoms. The first kappa shape index (κ1) is 9.45. The zero-order valence-corrected chi connectivity index (χ0v) is 7.09. The summed E-state index contributed by atoms with van der Waals surface area (Å²) in [4.78, 5) is 10.7. The lowest BCUT2D eigenvalue weighted by molar-refractivity contribution is -0.169. The first-order valence-corrected chi connectivity index (χ1v) is 4.16. The van der Waals surface area contributed by atoms with Gasteiger partial charge < -0.3 is 9.47 Å². The molecule has 1 unspecified atom stereocenters. The van der Waals surface area contributed by atoms with Gasteiger partial charge in [-0.05, 0) is 25.7 Å². The van der Waals surface area contributed by atoms with Crippen molar-refractivity contribution in [3.63, 3.8) is 0 Å². The first-order chi connectivity index (χ1) is 5.74. The normalized spacial score (nSPS) is 18.8. The molecular weight excluding hydrogens is 163 g/mol. The molecule has 0 aromatic carbocycles. The van der Waals surface area contributed by atoms with Gasteiger partial charge in [-0.3, -0.25) is 0 Å². The van der Waals surface area contributed by atoms with Crippen LogP contribution < -0.4 is 0 Å². The van der Waals surface area contributed by atoms with Crippen LogP contribution in [0.2, 0.25) is 0 Å². The maximum Gasteiger partial charge on any atom is 0.368 e. The van der Waals surface area contributed by atoms with E-state index in [0.29, 0.717) is 12.5 Å². The number of carbonyl (C=O) groups excluding carboxylic acids is 1. The zero-order chi connectivity index (χ0) is 8.97. The average molecular weight is 176 g/mol. The minimum atomic E-state index is -1.90. The molecule has 0 radical (unpaired) electrons. The smallest absolute Gasteiger partial charge is 0.368 e. The van der Waals surface area contributed by atoms with Crippen molar-refractivity contribution in [1.82, 2.24) is 0 Å². The Labute approximate surface area is 70.8 Å². The van der Waals surface area contributed by atoms with Gasteiger partial charge in [-0.15, -0.1) is 0 Å². The summed E-state index contributed by atoms with van der Waals surface area (Å²) >= 11 is 0. The Morgan fingerprint density at radius 3 is 2.83 bits per heavy atom. The van der Waals surface area contributed by atoms with Gasteiger partial charge in [-0.25, -0.2) is 9.18 Å². The lowest BCUT2D eigenvalue weighted by Gasteiger charge is -2.07. The average Bonchev–Trinajstić information content (AvgIpc) is 2.83. The third-order valence-corrected chi connectivity index (χ3v) is 1.65. The Bertz CT molecular complexity index is 156. The van der Waals surface area contributed by atoms with Crippen LogP contribution in [-0.4, -0.2) is 25.5 Å². The van der Waals surface area contributed by atoms with Crippen molar-refractivity contribution < 1.29 is 18.7 Å². The van der Waals surface area contributed by atoms with Gasteiger partial charge in [0.15, 0.2) is 0 Å². The summed E-state index contributed by atoms with van der Waals surface area (Å²) in [5, 5.41) is 0. The number of carbonyl (C=O) groups is 1. The highest BCUT2D eigenvalue weighted by Gasteiger charge is 2.26. The Balaban J connectivity index is 2.07. The molecule has 12 heavy (non-hydrogen) atoms. The van der Waals surface area contributed by atoms with Gasteiger partial charge in [0.2, 0.25) is 0 Å². The van der Waals surface area contributed by atoms with Crippen molar-refractivity contribution in [3.8, 4) is 0 Å². The lowest BCUT2D eigenvalue weighted by Crippen LogP contribution is -2.22. The second-order valence-corrected chi connectivity index (χ2v) is 2.84. The van der Waals surface area contributed by atoms with Gasteiger partial charge in [0, 0.05) is 0 Å². The van der Waals surface area contributed by atoms with Crippen LogP contribution in [0.15, 0.2) is 0 Å². The molecule has 70 valence electrons. The highest BCUT2D eigenvalue weighted by molar-refractivity contribution is 5.72. The minimum Gasteiger partial charge on any atom is -0.462 e. The van der Waals surface area contributed by atoms with Gasteiger partial charge in [0.25, 0.3) is 6.36 Å². The topological polar surface area (TPSA) is 35.5 Å². The Kier molecular flexibility index (Phi) is 3.47. The van der Waals surface area contributed by atoms with Gasteiger partial charge in [-0.1, -0.05) is 0 Å². The fourth-order valence-electron chi connectivity index (χ4n) is 0.781. The molecule has 1 aliphatic carbocycles. The molecule has 0 bridgehead atoms. The number of alkyl halides is 1. The van der Waals surface area contributed by atoms with Gasteiger partial charge >= 0.3 is 5.97 Å². The van der Waals surface area contributed by atoms with Gasteiger partial charge in [-0.2, -0.15) is 0 Å². The lowest BCUT2D eigenvalue weighted by atomic mass is 10.5. The molecule has 0 spiro atoms. The van der Waals surface area contributed by atoms with Gasteiger partial charge in [0.05, 0.1) is 13.2 Å². The third kappa shape index (κ3) is 3.17. The SMILES string of the molecule is CCOC(=O)C(F)OCC1CC1. The Morgan fingerprint density at radius 1 is 1.67 bits per heavy atom. The van der Waals surface area contributed by atoms with E-state index in [4.69, 9.17) is 0 Å². The molecule has 0 amide bonds. The summed E-state index contributed by atoms with van der Waals surface area (Å²) in [6.45, 7) is 2.15. The Morgan fingerprint density at radius 2 is 2.33 bits per heavy atom. The van der Waals surface area contributed by atoms with E-state index in [1.807, 2.05) is 0 Å². The van der Waals surface area contributed by atoms with Gasteiger partial charge in [0.1, 0.15) is 0 Å². The molecule has 1 saturated carbocycles. The molecular formula is C8H13FO3. The fraction of sp³-hybridized carbons (Fsp3) is 0.875. The number of hydrogen-bond donors (Lipinski definition) is 0. The van der Waals surface area contributed by atoms with E-state index in [-0.39, 0.29) is 6.61 Å². The maximum absolute atomic E-state index is 12.7. The summed E-state index contributed by atoms with van der Waals surface area (Å²) in [7, 11) is 0. The number of hydrogen-bond acceptors (Lipinski definition) is 3. The fourth-order valence-corrected chi connectivity index (χ4v) is 0.781. The second kappa shape index (κ2) is 4.40. The summed E-state index contributed by atoms with van der Waals surface area (Å²) in [5.41, 5.74) is 0. The number of rotatable bonds is 5. The monoisotopic (exact) mass is 176 g/mol. The van der Waals surface area contributed by atoms with Crippen molar-refractivity contribution >= 4 is 5.97 Å². The summed E-state index contributed by atoms with van der Waals surface area (Å²) < 4.78 is 21.7. The maximum atomic E-state index is 12.7. The van der Waals surface area contributed by atoms with E-state index < -0.39 is 12.3 Å². The van der Waals surface area contributed by atoms with Crippen molar-refractivity contribution in [1.29, 1.82) is 0 Å². The minimum absolute atomic E-state index is 0.187.